The monoisotopic (exact) mass is 370 g/mol. The summed E-state index contributed by atoms with van der Waals surface area (Å²) in [4.78, 5) is 4.00. The Morgan fingerprint density at radius 2 is 1.88 bits per heavy atom. The van der Waals surface area contributed by atoms with Crippen LogP contribution in [0.4, 0.5) is 8.78 Å². The molecule has 0 saturated heterocycles. The van der Waals surface area contributed by atoms with Crippen LogP contribution in [-0.2, 0) is 6.61 Å². The molecule has 1 heterocycles. The molecule has 0 amide bonds. The fraction of sp³-hybridized carbons (Fsp3) is 0.100. The molecule has 0 unspecified atom stereocenters. The van der Waals surface area contributed by atoms with Crippen LogP contribution in [0.5, 0.6) is 5.75 Å². The number of aromatic nitrogens is 1. The standard InChI is InChI=1S/C20H13ClF2N2O/c21-15-8-4-7-14(9-15)16-11-25-17(10-24)19(18(16)20(22)23)26-12-13-5-2-1-3-6-13/h1-9,11,20H,12H2. The van der Waals surface area contributed by atoms with E-state index in [2.05, 4.69) is 4.98 Å². The maximum absolute atomic E-state index is 13.9. The summed E-state index contributed by atoms with van der Waals surface area (Å²) in [6.45, 7) is 0.0515. The summed E-state index contributed by atoms with van der Waals surface area (Å²) >= 11 is 5.97. The number of nitriles is 1. The summed E-state index contributed by atoms with van der Waals surface area (Å²) in [7, 11) is 0. The van der Waals surface area contributed by atoms with Gasteiger partial charge in [0.25, 0.3) is 6.43 Å². The molecule has 3 aromatic rings. The fourth-order valence-electron chi connectivity index (χ4n) is 2.57. The van der Waals surface area contributed by atoms with Crippen molar-refractivity contribution in [3.05, 3.63) is 82.6 Å². The van der Waals surface area contributed by atoms with Gasteiger partial charge in [-0.25, -0.2) is 13.8 Å². The van der Waals surface area contributed by atoms with Gasteiger partial charge in [0.2, 0.25) is 0 Å². The highest BCUT2D eigenvalue weighted by Crippen LogP contribution is 2.39. The van der Waals surface area contributed by atoms with Crippen LogP contribution in [-0.4, -0.2) is 4.98 Å². The number of hydrogen-bond donors (Lipinski definition) is 0. The van der Waals surface area contributed by atoms with Crippen LogP contribution >= 0.6 is 11.6 Å². The zero-order valence-corrected chi connectivity index (χ0v) is 14.3. The van der Waals surface area contributed by atoms with Crippen molar-refractivity contribution in [2.45, 2.75) is 13.0 Å². The normalized spacial score (nSPS) is 10.6. The molecule has 3 nitrogen and oxygen atoms in total. The predicted molar refractivity (Wildman–Crippen MR) is 95.1 cm³/mol. The highest BCUT2D eigenvalue weighted by atomic mass is 35.5. The third kappa shape index (κ3) is 3.81. The van der Waals surface area contributed by atoms with E-state index in [1.807, 2.05) is 36.4 Å². The number of pyridine rings is 1. The second kappa shape index (κ2) is 7.94. The third-order valence-corrected chi connectivity index (χ3v) is 3.99. The Hall–Kier alpha value is -2.97. The first-order valence-corrected chi connectivity index (χ1v) is 8.11. The number of alkyl halides is 2. The van der Waals surface area contributed by atoms with Gasteiger partial charge in [-0.3, -0.25) is 0 Å². The second-order valence-electron chi connectivity index (χ2n) is 5.46. The number of ether oxygens (including phenoxy) is 1. The lowest BCUT2D eigenvalue weighted by atomic mass is 10.0. The van der Waals surface area contributed by atoms with Crippen LogP contribution in [0.2, 0.25) is 5.02 Å². The lowest BCUT2D eigenvalue weighted by Crippen LogP contribution is -2.05. The Balaban J connectivity index is 2.09. The van der Waals surface area contributed by atoms with E-state index in [0.29, 0.717) is 10.6 Å². The van der Waals surface area contributed by atoms with E-state index in [4.69, 9.17) is 16.3 Å². The lowest BCUT2D eigenvalue weighted by Gasteiger charge is -2.16. The highest BCUT2D eigenvalue weighted by molar-refractivity contribution is 6.30. The molecule has 0 bridgehead atoms. The molecule has 0 spiro atoms. The molecule has 0 fully saturated rings. The number of halogens is 3. The van der Waals surface area contributed by atoms with Crippen molar-refractivity contribution in [1.29, 1.82) is 5.26 Å². The quantitative estimate of drug-likeness (QED) is 0.571. The summed E-state index contributed by atoms with van der Waals surface area (Å²) in [5.41, 5.74) is 0.917. The van der Waals surface area contributed by atoms with E-state index in [1.165, 1.54) is 6.20 Å². The van der Waals surface area contributed by atoms with E-state index < -0.39 is 6.43 Å². The van der Waals surface area contributed by atoms with Gasteiger partial charge in [-0.05, 0) is 23.3 Å². The first-order valence-electron chi connectivity index (χ1n) is 7.74. The Bertz CT molecular complexity index is 956. The average molecular weight is 371 g/mol. The third-order valence-electron chi connectivity index (χ3n) is 3.76. The van der Waals surface area contributed by atoms with Gasteiger partial charge in [-0.15, -0.1) is 0 Å². The van der Waals surface area contributed by atoms with Crippen molar-refractivity contribution in [3.63, 3.8) is 0 Å². The van der Waals surface area contributed by atoms with Gasteiger partial charge >= 0.3 is 0 Å². The van der Waals surface area contributed by atoms with Gasteiger partial charge in [0.05, 0.1) is 5.56 Å². The SMILES string of the molecule is N#Cc1ncc(-c2cccc(Cl)c2)c(C(F)F)c1OCc1ccccc1. The van der Waals surface area contributed by atoms with Crippen LogP contribution in [0.3, 0.4) is 0 Å². The molecule has 130 valence electrons. The predicted octanol–water partition coefficient (Wildman–Crippen LogP) is 5.79. The van der Waals surface area contributed by atoms with E-state index in [9.17, 15) is 14.0 Å². The molecule has 0 aliphatic heterocycles. The lowest BCUT2D eigenvalue weighted by molar-refractivity contribution is 0.144. The topological polar surface area (TPSA) is 45.9 Å². The minimum atomic E-state index is -2.84. The van der Waals surface area contributed by atoms with Gasteiger partial charge in [0, 0.05) is 16.8 Å². The number of benzene rings is 2. The Labute approximate surface area is 154 Å². The Kier molecular flexibility index (Phi) is 5.45. The maximum Gasteiger partial charge on any atom is 0.268 e. The van der Waals surface area contributed by atoms with E-state index in [0.717, 1.165) is 5.56 Å². The Morgan fingerprint density at radius 3 is 2.54 bits per heavy atom. The van der Waals surface area contributed by atoms with Crippen LogP contribution in [0.1, 0.15) is 23.2 Å². The number of rotatable bonds is 5. The van der Waals surface area contributed by atoms with Crippen molar-refractivity contribution in [2.24, 2.45) is 0 Å². The number of nitrogens with zero attached hydrogens (tertiary/aromatic N) is 2. The summed E-state index contributed by atoms with van der Waals surface area (Å²) in [6.07, 6.45) is -1.59. The highest BCUT2D eigenvalue weighted by Gasteiger charge is 2.24. The summed E-state index contributed by atoms with van der Waals surface area (Å²) in [5, 5.41) is 9.68. The molecule has 1 aromatic heterocycles. The van der Waals surface area contributed by atoms with Gasteiger partial charge in [0.1, 0.15) is 12.7 Å². The minimum Gasteiger partial charge on any atom is -0.485 e. The van der Waals surface area contributed by atoms with Crippen LogP contribution in [0.15, 0.2) is 60.8 Å². The first kappa shape index (κ1) is 17.8. The van der Waals surface area contributed by atoms with Crippen molar-refractivity contribution < 1.29 is 13.5 Å². The van der Waals surface area contributed by atoms with Gasteiger partial charge in [0.15, 0.2) is 11.4 Å². The average Bonchev–Trinajstić information content (AvgIpc) is 2.66. The van der Waals surface area contributed by atoms with E-state index in [1.54, 1.807) is 24.3 Å². The molecule has 0 aliphatic carbocycles. The van der Waals surface area contributed by atoms with Crippen molar-refractivity contribution >= 4 is 11.6 Å². The van der Waals surface area contributed by atoms with E-state index in [-0.39, 0.29) is 29.2 Å². The maximum atomic E-state index is 13.9. The van der Waals surface area contributed by atoms with Gasteiger partial charge in [-0.1, -0.05) is 54.1 Å². The van der Waals surface area contributed by atoms with Crippen molar-refractivity contribution in [1.82, 2.24) is 4.98 Å². The smallest absolute Gasteiger partial charge is 0.268 e. The number of hydrogen-bond acceptors (Lipinski definition) is 3. The first-order chi connectivity index (χ1) is 12.6. The molecule has 2 aromatic carbocycles. The zero-order valence-electron chi connectivity index (χ0n) is 13.5. The Morgan fingerprint density at radius 1 is 1.12 bits per heavy atom. The van der Waals surface area contributed by atoms with Crippen molar-refractivity contribution in [2.75, 3.05) is 0 Å². The summed E-state index contributed by atoms with van der Waals surface area (Å²) < 4.78 is 33.3. The molecular weight excluding hydrogens is 358 g/mol. The van der Waals surface area contributed by atoms with Crippen molar-refractivity contribution in [3.8, 4) is 22.9 Å². The van der Waals surface area contributed by atoms with E-state index >= 15 is 0 Å². The minimum absolute atomic E-state index is 0.0515. The summed E-state index contributed by atoms with van der Waals surface area (Å²) in [5.74, 6) is -0.205. The molecule has 3 rings (SSSR count). The molecule has 0 atom stereocenters. The zero-order chi connectivity index (χ0) is 18.5. The van der Waals surface area contributed by atoms with Gasteiger partial charge in [-0.2, -0.15) is 5.26 Å². The molecule has 0 radical (unpaired) electrons. The molecular formula is C20H13ClF2N2O. The molecule has 0 N–H and O–H groups in total. The van der Waals surface area contributed by atoms with Crippen LogP contribution in [0, 0.1) is 11.3 Å². The largest absolute Gasteiger partial charge is 0.485 e. The molecule has 26 heavy (non-hydrogen) atoms. The summed E-state index contributed by atoms with van der Waals surface area (Å²) in [6, 6.07) is 17.5. The van der Waals surface area contributed by atoms with Crippen LogP contribution in [0.25, 0.3) is 11.1 Å². The fourth-order valence-corrected chi connectivity index (χ4v) is 2.76. The second-order valence-corrected chi connectivity index (χ2v) is 5.90. The molecule has 6 heteroatoms. The van der Waals surface area contributed by atoms with Crippen LogP contribution < -0.4 is 4.74 Å². The molecule has 0 saturated carbocycles. The van der Waals surface area contributed by atoms with Gasteiger partial charge < -0.3 is 4.74 Å². The molecule has 0 aliphatic rings.